The lowest BCUT2D eigenvalue weighted by Gasteiger charge is -2.09. The summed E-state index contributed by atoms with van der Waals surface area (Å²) in [4.78, 5) is 4.04. The molecule has 0 spiro atoms. The molecule has 0 aromatic rings. The van der Waals surface area contributed by atoms with Gasteiger partial charge in [-0.05, 0) is 24.9 Å². The number of guanidine groups is 1. The van der Waals surface area contributed by atoms with Crippen molar-refractivity contribution in [2.45, 2.75) is 12.8 Å². The third-order valence-corrected chi connectivity index (χ3v) is 2.35. The van der Waals surface area contributed by atoms with Gasteiger partial charge in [-0.25, -0.2) is 0 Å². The van der Waals surface area contributed by atoms with Crippen molar-refractivity contribution in [2.24, 2.45) is 4.99 Å². The number of aliphatic imine (C=N–C) groups is 1. The average Bonchev–Trinajstić information content (AvgIpc) is 2.22. The van der Waals surface area contributed by atoms with E-state index in [9.17, 15) is 0 Å². The van der Waals surface area contributed by atoms with Crippen LogP contribution in [0, 0.1) is 12.3 Å². The zero-order chi connectivity index (χ0) is 10.6. The monoisotopic (exact) mass is 341 g/mol. The molecule has 0 saturated heterocycles. The van der Waals surface area contributed by atoms with Crippen molar-refractivity contribution in [1.29, 1.82) is 0 Å². The average molecular weight is 341 g/mol. The third kappa shape index (κ3) is 11.8. The minimum absolute atomic E-state index is 0. The van der Waals surface area contributed by atoms with Gasteiger partial charge >= 0.3 is 0 Å². The number of hydrogen-bond donors (Lipinski definition) is 2. The Kier molecular flexibility index (Phi) is 16.1. The predicted molar refractivity (Wildman–Crippen MR) is 81.2 cm³/mol. The van der Waals surface area contributed by atoms with Gasteiger partial charge < -0.3 is 10.6 Å². The first-order valence-electron chi connectivity index (χ1n) is 4.72. The van der Waals surface area contributed by atoms with Crippen LogP contribution in [0.25, 0.3) is 0 Å². The molecule has 0 fully saturated rings. The summed E-state index contributed by atoms with van der Waals surface area (Å²) in [6, 6.07) is 0. The summed E-state index contributed by atoms with van der Waals surface area (Å²) >= 11 is 1.88. The van der Waals surface area contributed by atoms with Gasteiger partial charge in [0.05, 0.1) is 6.54 Å². The highest BCUT2D eigenvalue weighted by Crippen LogP contribution is 1.97. The van der Waals surface area contributed by atoms with E-state index < -0.39 is 0 Å². The number of terminal acetylenes is 1. The maximum atomic E-state index is 5.13. The van der Waals surface area contributed by atoms with Crippen LogP contribution in [0.2, 0.25) is 0 Å². The second-order valence-electron chi connectivity index (χ2n) is 2.76. The Bertz CT molecular complexity index is 201. The van der Waals surface area contributed by atoms with E-state index in [1.807, 2.05) is 11.8 Å². The smallest absolute Gasteiger partial charge is 0.191 e. The van der Waals surface area contributed by atoms with Crippen LogP contribution < -0.4 is 10.6 Å². The highest BCUT2D eigenvalue weighted by Gasteiger charge is 1.93. The maximum absolute atomic E-state index is 5.13. The highest BCUT2D eigenvalue weighted by molar-refractivity contribution is 14.0. The fourth-order valence-corrected chi connectivity index (χ4v) is 1.43. The molecular weight excluding hydrogens is 321 g/mol. The third-order valence-electron chi connectivity index (χ3n) is 1.65. The fraction of sp³-hybridized carbons (Fsp3) is 0.700. The van der Waals surface area contributed by atoms with E-state index in [0.29, 0.717) is 6.54 Å². The van der Waals surface area contributed by atoms with Crippen molar-refractivity contribution in [3.05, 3.63) is 0 Å². The Labute approximate surface area is 114 Å². The van der Waals surface area contributed by atoms with Crippen LogP contribution >= 0.6 is 35.7 Å². The summed E-state index contributed by atoms with van der Waals surface area (Å²) in [6.45, 7) is 1.47. The molecule has 0 saturated carbocycles. The predicted octanol–water partition coefficient (Wildman–Crippen LogP) is 1.55. The number of thioether (sulfide) groups is 1. The summed E-state index contributed by atoms with van der Waals surface area (Å²) in [6.07, 6.45) is 9.65. The topological polar surface area (TPSA) is 36.4 Å². The maximum Gasteiger partial charge on any atom is 0.191 e. The molecule has 0 amide bonds. The van der Waals surface area contributed by atoms with E-state index in [2.05, 4.69) is 27.8 Å². The van der Waals surface area contributed by atoms with Crippen molar-refractivity contribution >= 4 is 41.7 Å². The summed E-state index contributed by atoms with van der Waals surface area (Å²) in [5, 5.41) is 6.20. The number of halogens is 1. The molecule has 5 heteroatoms. The summed E-state index contributed by atoms with van der Waals surface area (Å²) in [5.74, 6) is 4.51. The Morgan fingerprint density at radius 2 is 2.13 bits per heavy atom. The van der Waals surface area contributed by atoms with Gasteiger partial charge in [0.2, 0.25) is 0 Å². The van der Waals surface area contributed by atoms with Crippen LogP contribution in [0.1, 0.15) is 12.8 Å². The summed E-state index contributed by atoms with van der Waals surface area (Å²) < 4.78 is 0. The molecule has 2 N–H and O–H groups in total. The van der Waals surface area contributed by atoms with Gasteiger partial charge in [-0.3, -0.25) is 4.99 Å². The second-order valence-corrected chi connectivity index (χ2v) is 3.74. The first-order valence-corrected chi connectivity index (χ1v) is 6.11. The number of nitrogens with zero attached hydrogens (tertiary/aromatic N) is 1. The molecule has 0 radical (unpaired) electrons. The van der Waals surface area contributed by atoms with Gasteiger partial charge in [0.25, 0.3) is 0 Å². The van der Waals surface area contributed by atoms with Gasteiger partial charge in [0.15, 0.2) is 5.96 Å². The quantitative estimate of drug-likeness (QED) is 0.253. The van der Waals surface area contributed by atoms with E-state index in [1.165, 1.54) is 12.2 Å². The molecule has 0 aromatic heterocycles. The normalized spacial score (nSPS) is 10.1. The van der Waals surface area contributed by atoms with E-state index in [0.717, 1.165) is 18.9 Å². The number of nitrogens with one attached hydrogen (secondary N) is 2. The molecule has 0 bridgehead atoms. The summed E-state index contributed by atoms with van der Waals surface area (Å²) in [7, 11) is 1.74. The standard InChI is InChI=1S/C10H19N3S.HI/c1-4-7-12-10(11-2)13-8-5-6-9-14-3;/h1H,5-9H2,2-3H3,(H2,11,12,13);1H. The Hall–Kier alpha value is -0.0900. The Morgan fingerprint density at radius 3 is 2.67 bits per heavy atom. The van der Waals surface area contributed by atoms with Gasteiger partial charge in [-0.15, -0.1) is 30.4 Å². The minimum atomic E-state index is 0. The largest absolute Gasteiger partial charge is 0.356 e. The van der Waals surface area contributed by atoms with Crippen molar-refractivity contribution < 1.29 is 0 Å². The molecule has 88 valence electrons. The number of unbranched alkanes of at least 4 members (excludes halogenated alkanes) is 1. The molecule has 0 aliphatic rings. The lowest BCUT2D eigenvalue weighted by atomic mass is 10.3. The van der Waals surface area contributed by atoms with Gasteiger partial charge in [-0.2, -0.15) is 11.8 Å². The first kappa shape index (κ1) is 17.3. The number of hydrogen-bond acceptors (Lipinski definition) is 2. The van der Waals surface area contributed by atoms with Crippen molar-refractivity contribution in [1.82, 2.24) is 10.6 Å². The van der Waals surface area contributed by atoms with Crippen molar-refractivity contribution in [2.75, 3.05) is 32.1 Å². The van der Waals surface area contributed by atoms with E-state index in [1.54, 1.807) is 7.05 Å². The molecule has 15 heavy (non-hydrogen) atoms. The Balaban J connectivity index is 0. The summed E-state index contributed by atoms with van der Waals surface area (Å²) in [5.41, 5.74) is 0. The molecule has 3 nitrogen and oxygen atoms in total. The van der Waals surface area contributed by atoms with Gasteiger partial charge in [-0.1, -0.05) is 5.92 Å². The lowest BCUT2D eigenvalue weighted by molar-refractivity contribution is 0.743. The minimum Gasteiger partial charge on any atom is -0.356 e. The van der Waals surface area contributed by atoms with Crippen LogP contribution in [0.5, 0.6) is 0 Å². The lowest BCUT2D eigenvalue weighted by Crippen LogP contribution is -2.37. The van der Waals surface area contributed by atoms with Gasteiger partial charge in [0, 0.05) is 13.6 Å². The second kappa shape index (κ2) is 13.9. The van der Waals surface area contributed by atoms with Crippen LogP contribution in [-0.2, 0) is 0 Å². The molecule has 0 aromatic carbocycles. The van der Waals surface area contributed by atoms with Crippen LogP contribution in [0.4, 0.5) is 0 Å². The SMILES string of the molecule is C#CCNC(=NC)NCCCCSC.I. The van der Waals surface area contributed by atoms with Crippen LogP contribution in [-0.4, -0.2) is 38.1 Å². The highest BCUT2D eigenvalue weighted by atomic mass is 127. The Morgan fingerprint density at radius 1 is 1.40 bits per heavy atom. The zero-order valence-electron chi connectivity index (χ0n) is 9.38. The van der Waals surface area contributed by atoms with Crippen LogP contribution in [0.3, 0.4) is 0 Å². The van der Waals surface area contributed by atoms with E-state index >= 15 is 0 Å². The van der Waals surface area contributed by atoms with Crippen molar-refractivity contribution in [3.8, 4) is 12.3 Å². The van der Waals surface area contributed by atoms with E-state index in [4.69, 9.17) is 6.42 Å². The number of rotatable bonds is 6. The molecule has 0 aliphatic carbocycles. The first-order chi connectivity index (χ1) is 6.85. The molecule has 0 atom stereocenters. The van der Waals surface area contributed by atoms with E-state index in [-0.39, 0.29) is 24.0 Å². The fourth-order valence-electron chi connectivity index (χ4n) is 0.934. The molecule has 0 heterocycles. The van der Waals surface area contributed by atoms with Crippen molar-refractivity contribution in [3.63, 3.8) is 0 Å². The molecular formula is C10H20IN3S. The molecule has 0 unspecified atom stereocenters. The van der Waals surface area contributed by atoms with Crippen LogP contribution in [0.15, 0.2) is 4.99 Å². The molecule has 0 rings (SSSR count). The zero-order valence-corrected chi connectivity index (χ0v) is 12.5. The van der Waals surface area contributed by atoms with Gasteiger partial charge in [0.1, 0.15) is 0 Å². The molecule has 0 aliphatic heterocycles.